The summed E-state index contributed by atoms with van der Waals surface area (Å²) in [6.45, 7) is 9.75. The van der Waals surface area contributed by atoms with Gasteiger partial charge in [0.05, 0.1) is 6.61 Å². The Morgan fingerprint density at radius 2 is 1.86 bits per heavy atom. The molecule has 1 aromatic carbocycles. The molecule has 1 saturated heterocycles. The number of likely N-dealkylation sites (N-methyl/N-ethyl adjacent to an activating group) is 1. The number of carbonyl (C=O) groups is 1. The van der Waals surface area contributed by atoms with Crippen LogP contribution in [0.15, 0.2) is 24.3 Å². The van der Waals surface area contributed by atoms with Crippen molar-refractivity contribution in [1.82, 2.24) is 15.1 Å². The Morgan fingerprint density at radius 3 is 2.45 bits per heavy atom. The van der Waals surface area contributed by atoms with Gasteiger partial charge in [0, 0.05) is 44.3 Å². The molecule has 5 nitrogen and oxygen atoms in total. The second-order valence-electron chi connectivity index (χ2n) is 5.86. The first kappa shape index (κ1) is 16.8. The second kappa shape index (κ2) is 8.15. The van der Waals surface area contributed by atoms with Crippen LogP contribution in [0.1, 0.15) is 24.2 Å². The molecule has 0 aromatic heterocycles. The lowest BCUT2D eigenvalue weighted by Gasteiger charge is -2.36. The molecule has 1 amide bonds. The lowest BCUT2D eigenvalue weighted by Crippen LogP contribution is -2.51. The summed E-state index contributed by atoms with van der Waals surface area (Å²) in [5.41, 5.74) is 0.675. The predicted molar refractivity (Wildman–Crippen MR) is 88.5 cm³/mol. The minimum Gasteiger partial charge on any atom is -0.494 e. The third-order valence-electron chi connectivity index (χ3n) is 4.15. The van der Waals surface area contributed by atoms with Gasteiger partial charge in [0.15, 0.2) is 0 Å². The van der Waals surface area contributed by atoms with Gasteiger partial charge in [-0.3, -0.25) is 9.69 Å². The highest BCUT2D eigenvalue weighted by atomic mass is 16.5. The van der Waals surface area contributed by atoms with E-state index in [-0.39, 0.29) is 5.91 Å². The van der Waals surface area contributed by atoms with Gasteiger partial charge in [-0.05, 0) is 45.2 Å². The SMILES string of the molecule is CCOc1ccc(C(=O)NC[C@H](C)N2CCN(C)CC2)cc1. The molecular weight excluding hydrogens is 278 g/mol. The Balaban J connectivity index is 1.79. The van der Waals surface area contributed by atoms with E-state index in [2.05, 4.69) is 29.1 Å². The molecule has 1 aromatic rings. The Kier molecular flexibility index (Phi) is 6.21. The van der Waals surface area contributed by atoms with Crippen molar-refractivity contribution in [3.63, 3.8) is 0 Å². The first-order chi connectivity index (χ1) is 10.6. The Bertz CT molecular complexity index is 467. The number of hydrogen-bond acceptors (Lipinski definition) is 4. The van der Waals surface area contributed by atoms with Crippen LogP contribution in [0.3, 0.4) is 0 Å². The Hall–Kier alpha value is -1.59. The standard InChI is InChI=1S/C17H27N3O2/c1-4-22-16-7-5-15(6-8-16)17(21)18-13-14(2)20-11-9-19(3)10-12-20/h5-8,14H,4,9-13H2,1-3H3,(H,18,21)/t14-/m0/s1. The van der Waals surface area contributed by atoms with Gasteiger partial charge in [0.2, 0.25) is 0 Å². The minimum absolute atomic E-state index is 0.0241. The van der Waals surface area contributed by atoms with Gasteiger partial charge in [-0.2, -0.15) is 0 Å². The molecule has 0 unspecified atom stereocenters. The van der Waals surface area contributed by atoms with Gasteiger partial charge >= 0.3 is 0 Å². The third-order valence-corrected chi connectivity index (χ3v) is 4.15. The van der Waals surface area contributed by atoms with E-state index in [9.17, 15) is 4.79 Å². The first-order valence-electron chi connectivity index (χ1n) is 8.03. The molecule has 0 saturated carbocycles. The van der Waals surface area contributed by atoms with Crippen LogP contribution in [0.25, 0.3) is 0 Å². The summed E-state index contributed by atoms with van der Waals surface area (Å²) in [6, 6.07) is 7.65. The summed E-state index contributed by atoms with van der Waals surface area (Å²) in [5.74, 6) is 0.772. The van der Waals surface area contributed by atoms with E-state index >= 15 is 0 Å². The fourth-order valence-electron chi connectivity index (χ4n) is 2.60. The van der Waals surface area contributed by atoms with Crippen LogP contribution in [0.4, 0.5) is 0 Å². The zero-order valence-corrected chi connectivity index (χ0v) is 13.8. The molecule has 2 rings (SSSR count). The van der Waals surface area contributed by atoms with Crippen LogP contribution in [-0.4, -0.2) is 68.1 Å². The van der Waals surface area contributed by atoms with Gasteiger partial charge in [0.25, 0.3) is 5.91 Å². The zero-order chi connectivity index (χ0) is 15.9. The molecular formula is C17H27N3O2. The van der Waals surface area contributed by atoms with Crippen molar-refractivity contribution in [3.05, 3.63) is 29.8 Å². The molecule has 1 N–H and O–H groups in total. The normalized spacial score (nSPS) is 18.0. The number of piperazine rings is 1. The molecule has 1 atom stereocenters. The van der Waals surface area contributed by atoms with Crippen LogP contribution < -0.4 is 10.1 Å². The smallest absolute Gasteiger partial charge is 0.251 e. The van der Waals surface area contributed by atoms with Crippen molar-refractivity contribution in [2.24, 2.45) is 0 Å². The molecule has 1 fully saturated rings. The molecule has 1 aliphatic heterocycles. The molecule has 0 radical (unpaired) electrons. The van der Waals surface area contributed by atoms with E-state index in [0.29, 0.717) is 24.8 Å². The topological polar surface area (TPSA) is 44.8 Å². The monoisotopic (exact) mass is 305 g/mol. The molecule has 5 heteroatoms. The third kappa shape index (κ3) is 4.71. The summed E-state index contributed by atoms with van der Waals surface area (Å²) < 4.78 is 5.38. The number of nitrogens with one attached hydrogen (secondary N) is 1. The van der Waals surface area contributed by atoms with Crippen molar-refractivity contribution in [2.75, 3.05) is 46.4 Å². The van der Waals surface area contributed by atoms with E-state index in [1.165, 1.54) is 0 Å². The fraction of sp³-hybridized carbons (Fsp3) is 0.588. The van der Waals surface area contributed by atoms with E-state index < -0.39 is 0 Å². The van der Waals surface area contributed by atoms with Crippen LogP contribution in [0.2, 0.25) is 0 Å². The largest absolute Gasteiger partial charge is 0.494 e. The highest BCUT2D eigenvalue weighted by Crippen LogP contribution is 2.12. The Morgan fingerprint density at radius 1 is 1.23 bits per heavy atom. The fourth-order valence-corrected chi connectivity index (χ4v) is 2.60. The lowest BCUT2D eigenvalue weighted by molar-refractivity contribution is 0.0903. The predicted octanol–water partition coefficient (Wildman–Crippen LogP) is 1.45. The number of benzene rings is 1. The number of ether oxygens (including phenoxy) is 1. The summed E-state index contributed by atoms with van der Waals surface area (Å²) >= 11 is 0. The quantitative estimate of drug-likeness (QED) is 0.864. The summed E-state index contributed by atoms with van der Waals surface area (Å²) in [5, 5.41) is 3.02. The van der Waals surface area contributed by atoms with Gasteiger partial charge < -0.3 is 15.0 Å². The molecule has 0 bridgehead atoms. The van der Waals surface area contributed by atoms with E-state index in [0.717, 1.165) is 31.9 Å². The average molecular weight is 305 g/mol. The maximum absolute atomic E-state index is 12.2. The molecule has 0 aliphatic carbocycles. The number of carbonyl (C=O) groups excluding carboxylic acids is 1. The summed E-state index contributed by atoms with van der Waals surface area (Å²) in [4.78, 5) is 16.9. The van der Waals surface area contributed by atoms with E-state index in [1.807, 2.05) is 19.1 Å². The maximum atomic E-state index is 12.2. The minimum atomic E-state index is -0.0241. The Labute approximate surface area is 133 Å². The van der Waals surface area contributed by atoms with Gasteiger partial charge in [-0.25, -0.2) is 0 Å². The van der Waals surface area contributed by atoms with Crippen molar-refractivity contribution in [2.45, 2.75) is 19.9 Å². The second-order valence-corrected chi connectivity index (χ2v) is 5.86. The van der Waals surface area contributed by atoms with Crippen LogP contribution >= 0.6 is 0 Å². The molecule has 122 valence electrons. The van der Waals surface area contributed by atoms with Crippen LogP contribution in [0, 0.1) is 0 Å². The molecule has 1 aliphatic rings. The van der Waals surface area contributed by atoms with Gasteiger partial charge in [-0.1, -0.05) is 0 Å². The average Bonchev–Trinajstić information content (AvgIpc) is 2.54. The lowest BCUT2D eigenvalue weighted by atomic mass is 10.2. The van der Waals surface area contributed by atoms with E-state index in [1.54, 1.807) is 12.1 Å². The van der Waals surface area contributed by atoms with E-state index in [4.69, 9.17) is 4.74 Å². The van der Waals surface area contributed by atoms with Crippen molar-refractivity contribution in [3.8, 4) is 5.75 Å². The summed E-state index contributed by atoms with van der Waals surface area (Å²) in [7, 11) is 2.15. The molecule has 0 spiro atoms. The number of hydrogen-bond donors (Lipinski definition) is 1. The van der Waals surface area contributed by atoms with Gasteiger partial charge in [0.1, 0.15) is 5.75 Å². The molecule has 1 heterocycles. The number of amides is 1. The highest BCUT2D eigenvalue weighted by molar-refractivity contribution is 5.94. The van der Waals surface area contributed by atoms with Crippen molar-refractivity contribution in [1.29, 1.82) is 0 Å². The maximum Gasteiger partial charge on any atom is 0.251 e. The summed E-state index contributed by atoms with van der Waals surface area (Å²) in [6.07, 6.45) is 0. The molecule has 22 heavy (non-hydrogen) atoms. The van der Waals surface area contributed by atoms with Crippen molar-refractivity contribution >= 4 is 5.91 Å². The van der Waals surface area contributed by atoms with Crippen molar-refractivity contribution < 1.29 is 9.53 Å². The van der Waals surface area contributed by atoms with Gasteiger partial charge in [-0.15, -0.1) is 0 Å². The highest BCUT2D eigenvalue weighted by Gasteiger charge is 2.19. The number of rotatable bonds is 6. The van der Waals surface area contributed by atoms with Crippen LogP contribution in [-0.2, 0) is 0 Å². The first-order valence-corrected chi connectivity index (χ1v) is 8.03. The van der Waals surface area contributed by atoms with Crippen LogP contribution in [0.5, 0.6) is 5.75 Å². The zero-order valence-electron chi connectivity index (χ0n) is 13.8. The number of nitrogens with zero attached hydrogens (tertiary/aromatic N) is 2.